The van der Waals surface area contributed by atoms with Crippen LogP contribution in [-0.2, 0) is 20.6 Å². The van der Waals surface area contributed by atoms with Gasteiger partial charge in [0.25, 0.3) is 0 Å². The standard InChI is InChI=1S/C26H33N3O11/c27-29-28-7-8-36-9-10-37-11-12-38-18-13-20(32)23(19(31)6-3-16-1-4-17(30)5-2-16)22(14-18)40-26-25(35)24(34)21(33)15-39-26/h1-2,4-5,13-14,21,24-26,30,32-35H,3,6-12,15H2/t21-,24+,25+,26?/m1/s1. The molecule has 0 aliphatic carbocycles. The third-order valence-electron chi connectivity index (χ3n) is 5.88. The minimum Gasteiger partial charge on any atom is -0.508 e. The molecule has 0 spiro atoms. The highest BCUT2D eigenvalue weighted by Crippen LogP contribution is 2.36. The van der Waals surface area contributed by atoms with Crippen LogP contribution in [0.4, 0.5) is 0 Å². The van der Waals surface area contributed by atoms with E-state index in [-0.39, 0.29) is 68.8 Å². The van der Waals surface area contributed by atoms with Crippen LogP contribution < -0.4 is 9.47 Å². The SMILES string of the molecule is [N-]=[N+]=NCCOCCOCCOc1cc(O)c(C(=O)CCc2ccc(O)cc2)c(OC2OC[C@@H](O)[C@H](O)[C@@H]2O)c1. The minimum atomic E-state index is -1.63. The number of phenolic OH excluding ortho intramolecular Hbond substituents is 2. The van der Waals surface area contributed by atoms with Crippen molar-refractivity contribution in [3.63, 3.8) is 0 Å². The first kappa shape index (κ1) is 30.9. The summed E-state index contributed by atoms with van der Waals surface area (Å²) in [6.45, 7) is 1.02. The van der Waals surface area contributed by atoms with Crippen molar-refractivity contribution in [2.75, 3.05) is 46.2 Å². The molecule has 218 valence electrons. The topological polar surface area (TPSA) is 213 Å². The number of aromatic hydroxyl groups is 2. The number of aryl methyl sites for hydroxylation is 1. The summed E-state index contributed by atoms with van der Waals surface area (Å²) in [7, 11) is 0. The minimum absolute atomic E-state index is 0.0108. The van der Waals surface area contributed by atoms with E-state index in [1.165, 1.54) is 24.3 Å². The monoisotopic (exact) mass is 563 g/mol. The van der Waals surface area contributed by atoms with Crippen LogP contribution in [0.2, 0.25) is 0 Å². The van der Waals surface area contributed by atoms with Gasteiger partial charge in [-0.2, -0.15) is 0 Å². The molecule has 0 amide bonds. The number of benzene rings is 2. The van der Waals surface area contributed by atoms with Gasteiger partial charge in [0.05, 0.1) is 33.0 Å². The van der Waals surface area contributed by atoms with E-state index in [1.807, 2.05) is 0 Å². The van der Waals surface area contributed by atoms with Crippen LogP contribution in [0.5, 0.6) is 23.0 Å². The molecule has 0 bridgehead atoms. The molecule has 1 heterocycles. The van der Waals surface area contributed by atoms with Crippen LogP contribution in [0.1, 0.15) is 22.3 Å². The fourth-order valence-electron chi connectivity index (χ4n) is 3.78. The number of aliphatic hydroxyl groups is 3. The van der Waals surface area contributed by atoms with Gasteiger partial charge >= 0.3 is 0 Å². The number of carbonyl (C=O) groups excluding carboxylic acids is 1. The molecule has 2 aromatic carbocycles. The van der Waals surface area contributed by atoms with Crippen LogP contribution in [0.25, 0.3) is 10.4 Å². The first-order valence-electron chi connectivity index (χ1n) is 12.6. The van der Waals surface area contributed by atoms with Gasteiger partial charge in [0.15, 0.2) is 5.78 Å². The number of azide groups is 1. The van der Waals surface area contributed by atoms with E-state index < -0.39 is 36.1 Å². The Hall–Kier alpha value is -3.62. The first-order valence-corrected chi connectivity index (χ1v) is 12.6. The van der Waals surface area contributed by atoms with E-state index in [1.54, 1.807) is 12.1 Å². The second kappa shape index (κ2) is 15.8. The number of hydrogen-bond donors (Lipinski definition) is 5. The molecule has 4 atom stereocenters. The Bertz CT molecular complexity index is 1140. The zero-order chi connectivity index (χ0) is 28.9. The Balaban J connectivity index is 1.65. The highest BCUT2D eigenvalue weighted by atomic mass is 16.7. The molecule has 0 saturated carbocycles. The summed E-state index contributed by atoms with van der Waals surface area (Å²) < 4.78 is 27.3. The number of nitrogens with zero attached hydrogens (tertiary/aromatic N) is 3. The summed E-state index contributed by atoms with van der Waals surface area (Å²) in [6.07, 6.45) is -5.61. The molecular weight excluding hydrogens is 530 g/mol. The van der Waals surface area contributed by atoms with Crippen LogP contribution >= 0.6 is 0 Å². The van der Waals surface area contributed by atoms with Crippen molar-refractivity contribution in [1.29, 1.82) is 0 Å². The number of ether oxygens (including phenoxy) is 5. The molecule has 40 heavy (non-hydrogen) atoms. The largest absolute Gasteiger partial charge is 0.508 e. The fraction of sp³-hybridized carbons (Fsp3) is 0.500. The van der Waals surface area contributed by atoms with Gasteiger partial charge in [-0.05, 0) is 29.6 Å². The van der Waals surface area contributed by atoms with Crippen molar-refractivity contribution >= 4 is 5.78 Å². The quantitative estimate of drug-likeness (QED) is 0.0648. The normalized spacial score (nSPS) is 20.5. The maximum Gasteiger partial charge on any atom is 0.228 e. The molecule has 1 fully saturated rings. The molecule has 1 saturated heterocycles. The van der Waals surface area contributed by atoms with Crippen molar-refractivity contribution in [2.24, 2.45) is 5.11 Å². The van der Waals surface area contributed by atoms with E-state index in [4.69, 9.17) is 29.2 Å². The lowest BCUT2D eigenvalue weighted by molar-refractivity contribution is -0.242. The van der Waals surface area contributed by atoms with Crippen molar-refractivity contribution in [3.8, 4) is 23.0 Å². The van der Waals surface area contributed by atoms with Crippen molar-refractivity contribution in [2.45, 2.75) is 37.4 Å². The summed E-state index contributed by atoms with van der Waals surface area (Å²) in [4.78, 5) is 15.8. The highest BCUT2D eigenvalue weighted by molar-refractivity contribution is 6.01. The number of Topliss-reactive ketones (excluding diaryl/α,β-unsaturated/α-hetero) is 1. The number of rotatable bonds is 16. The van der Waals surface area contributed by atoms with Crippen LogP contribution in [0, 0.1) is 0 Å². The van der Waals surface area contributed by atoms with E-state index >= 15 is 0 Å². The number of hydrogen-bond acceptors (Lipinski definition) is 12. The number of ketones is 1. The maximum atomic E-state index is 13.1. The predicted molar refractivity (Wildman–Crippen MR) is 138 cm³/mol. The van der Waals surface area contributed by atoms with Gasteiger partial charge in [-0.15, -0.1) is 0 Å². The number of aliphatic hydroxyl groups excluding tert-OH is 3. The Morgan fingerprint density at radius 3 is 2.42 bits per heavy atom. The fourth-order valence-corrected chi connectivity index (χ4v) is 3.78. The average molecular weight is 564 g/mol. The van der Waals surface area contributed by atoms with E-state index in [0.29, 0.717) is 13.0 Å². The number of phenols is 2. The molecule has 0 radical (unpaired) electrons. The molecule has 0 aromatic heterocycles. The molecule has 1 unspecified atom stereocenters. The Labute approximate surface area is 229 Å². The predicted octanol–water partition coefficient (Wildman–Crippen LogP) is 1.45. The summed E-state index contributed by atoms with van der Waals surface area (Å²) in [5.74, 6) is -0.807. The molecule has 14 nitrogen and oxygen atoms in total. The van der Waals surface area contributed by atoms with Gasteiger partial charge in [-0.1, -0.05) is 17.2 Å². The van der Waals surface area contributed by atoms with Gasteiger partial charge in [0, 0.05) is 30.0 Å². The van der Waals surface area contributed by atoms with Gasteiger partial charge in [-0.3, -0.25) is 4.79 Å². The molecule has 1 aliphatic heterocycles. The second-order valence-corrected chi connectivity index (χ2v) is 8.80. The Kier molecular flexibility index (Phi) is 12.2. The first-order chi connectivity index (χ1) is 19.3. The third kappa shape index (κ3) is 9.24. The van der Waals surface area contributed by atoms with Gasteiger partial charge in [0.2, 0.25) is 6.29 Å². The zero-order valence-corrected chi connectivity index (χ0v) is 21.7. The van der Waals surface area contributed by atoms with Crippen molar-refractivity contribution in [1.82, 2.24) is 0 Å². The summed E-state index contributed by atoms with van der Waals surface area (Å²) in [5, 5.41) is 53.6. The lowest BCUT2D eigenvalue weighted by Gasteiger charge is -2.35. The molecule has 2 aromatic rings. The molecule has 14 heteroatoms. The van der Waals surface area contributed by atoms with Crippen LogP contribution in [0.15, 0.2) is 41.5 Å². The maximum absolute atomic E-state index is 13.1. The summed E-state index contributed by atoms with van der Waals surface area (Å²) in [6, 6.07) is 8.95. The smallest absolute Gasteiger partial charge is 0.228 e. The van der Waals surface area contributed by atoms with Gasteiger partial charge in [0.1, 0.15) is 53.5 Å². The molecule has 1 aliphatic rings. The van der Waals surface area contributed by atoms with Gasteiger partial charge < -0.3 is 49.2 Å². The zero-order valence-electron chi connectivity index (χ0n) is 21.7. The number of carbonyl (C=O) groups is 1. The van der Waals surface area contributed by atoms with Crippen LogP contribution in [-0.4, -0.2) is 102 Å². The third-order valence-corrected chi connectivity index (χ3v) is 5.88. The van der Waals surface area contributed by atoms with Crippen molar-refractivity contribution < 1.29 is 54.0 Å². The van der Waals surface area contributed by atoms with E-state index in [2.05, 4.69) is 10.0 Å². The molecular formula is C26H33N3O11. The second-order valence-electron chi connectivity index (χ2n) is 8.80. The van der Waals surface area contributed by atoms with E-state index in [9.17, 15) is 30.3 Å². The van der Waals surface area contributed by atoms with E-state index in [0.717, 1.165) is 5.56 Å². The summed E-state index contributed by atoms with van der Waals surface area (Å²) in [5.41, 5.74) is 8.82. The van der Waals surface area contributed by atoms with Crippen LogP contribution in [0.3, 0.4) is 0 Å². The summed E-state index contributed by atoms with van der Waals surface area (Å²) >= 11 is 0. The molecule has 5 N–H and O–H groups in total. The Morgan fingerprint density at radius 2 is 1.70 bits per heavy atom. The Morgan fingerprint density at radius 1 is 1.00 bits per heavy atom. The average Bonchev–Trinajstić information content (AvgIpc) is 2.94. The van der Waals surface area contributed by atoms with Crippen molar-refractivity contribution in [3.05, 3.63) is 58.0 Å². The van der Waals surface area contributed by atoms with Gasteiger partial charge in [-0.25, -0.2) is 0 Å². The lowest BCUT2D eigenvalue weighted by atomic mass is 10.0. The molecule has 3 rings (SSSR count). The highest BCUT2D eigenvalue weighted by Gasteiger charge is 2.39. The lowest BCUT2D eigenvalue weighted by Crippen LogP contribution is -2.54.